The van der Waals surface area contributed by atoms with E-state index >= 15 is 0 Å². The molecule has 0 spiro atoms. The van der Waals surface area contributed by atoms with Gasteiger partial charge in [0.2, 0.25) is 0 Å². The summed E-state index contributed by atoms with van der Waals surface area (Å²) < 4.78 is 2.99. The molecular weight excluding hydrogens is 319 g/mol. The average Bonchev–Trinajstić information content (AvgIpc) is 2.40. The molecule has 2 rings (SSSR count). The van der Waals surface area contributed by atoms with Crippen LogP contribution >= 0.6 is 0 Å². The van der Waals surface area contributed by atoms with Crippen LogP contribution in [0.15, 0.2) is 54.6 Å². The van der Waals surface area contributed by atoms with Gasteiger partial charge in [-0.2, -0.15) is 0 Å². The van der Waals surface area contributed by atoms with Gasteiger partial charge in [-0.15, -0.1) is 0 Å². The van der Waals surface area contributed by atoms with E-state index in [1.165, 1.54) is 19.1 Å². The van der Waals surface area contributed by atoms with E-state index < -0.39 is 0 Å². The third kappa shape index (κ3) is 3.56. The minimum atomic E-state index is -0.00842. The molecule has 17 heavy (non-hydrogen) atoms. The van der Waals surface area contributed by atoms with E-state index in [4.69, 9.17) is 0 Å². The molecule has 0 heterocycles. The zero-order valence-corrected chi connectivity index (χ0v) is 12.5. The Kier molecular flexibility index (Phi) is 4.60. The Morgan fingerprint density at radius 2 is 1.47 bits per heavy atom. The van der Waals surface area contributed by atoms with Crippen LogP contribution in [0.5, 0.6) is 0 Å². The molecule has 0 aliphatic rings. The van der Waals surface area contributed by atoms with Gasteiger partial charge in [0.25, 0.3) is 0 Å². The third-order valence-electron chi connectivity index (χ3n) is 3.00. The normalized spacial score (nSPS) is 12.6. The molecular formula is C16H18I-. The summed E-state index contributed by atoms with van der Waals surface area (Å²) in [5, 5.41) is 0. The molecule has 0 nitrogen and oxygen atoms in total. The number of hydrogen-bond donors (Lipinski definition) is 0. The van der Waals surface area contributed by atoms with Crippen LogP contribution < -0.4 is 21.2 Å². The fraction of sp³-hybridized carbons (Fsp3) is 0.250. The molecule has 0 amide bonds. The van der Waals surface area contributed by atoms with Gasteiger partial charge >= 0.3 is 115 Å². The van der Waals surface area contributed by atoms with Gasteiger partial charge in [0.05, 0.1) is 0 Å². The summed E-state index contributed by atoms with van der Waals surface area (Å²) in [6, 6.07) is 20.0. The quantitative estimate of drug-likeness (QED) is 0.739. The fourth-order valence-corrected chi connectivity index (χ4v) is 3.91. The second-order valence-electron chi connectivity index (χ2n) is 4.25. The predicted molar refractivity (Wildman–Crippen MR) is 69.0 cm³/mol. The van der Waals surface area contributed by atoms with E-state index in [1.807, 2.05) is 0 Å². The molecule has 0 N–H and O–H groups in total. The number of benzene rings is 2. The Balaban J connectivity index is 2.08. The maximum atomic E-state index is 2.31. The van der Waals surface area contributed by atoms with Crippen LogP contribution in [-0.2, 0) is 0 Å². The molecule has 2 aromatic carbocycles. The predicted octanol–water partition coefficient (Wildman–Crippen LogP) is 1.33. The first kappa shape index (κ1) is 12.6. The van der Waals surface area contributed by atoms with Crippen molar-refractivity contribution < 1.29 is 21.2 Å². The Morgan fingerprint density at radius 1 is 0.882 bits per heavy atom. The topological polar surface area (TPSA) is 0 Å². The molecule has 0 aliphatic carbocycles. The van der Waals surface area contributed by atoms with Crippen LogP contribution in [0.3, 0.4) is 0 Å². The van der Waals surface area contributed by atoms with Gasteiger partial charge < -0.3 is 0 Å². The fourth-order valence-electron chi connectivity index (χ4n) is 1.69. The molecule has 0 radical (unpaired) electrons. The molecule has 0 bridgehead atoms. The van der Waals surface area contributed by atoms with Gasteiger partial charge in [0, 0.05) is 0 Å². The summed E-state index contributed by atoms with van der Waals surface area (Å²) in [4.78, 5) is 0. The molecule has 2 aromatic rings. The van der Waals surface area contributed by atoms with E-state index in [0.29, 0.717) is 5.92 Å². The van der Waals surface area contributed by atoms with Crippen LogP contribution in [0, 0.1) is 7.14 Å². The van der Waals surface area contributed by atoms with Gasteiger partial charge in [-0.05, 0) is 0 Å². The Hall–Kier alpha value is -0.830. The van der Waals surface area contributed by atoms with E-state index in [2.05, 4.69) is 68.4 Å². The monoisotopic (exact) mass is 337 g/mol. The zero-order chi connectivity index (χ0) is 12.1. The van der Waals surface area contributed by atoms with Crippen LogP contribution in [0.1, 0.15) is 31.7 Å². The van der Waals surface area contributed by atoms with Crippen LogP contribution in [0.4, 0.5) is 0 Å². The first-order valence-corrected chi connectivity index (χ1v) is 8.25. The van der Waals surface area contributed by atoms with Gasteiger partial charge in [-0.3, -0.25) is 0 Å². The van der Waals surface area contributed by atoms with Crippen molar-refractivity contribution in [3.8, 4) is 0 Å². The zero-order valence-electron chi connectivity index (χ0n) is 10.4. The summed E-state index contributed by atoms with van der Waals surface area (Å²) in [5.41, 5.74) is 1.47. The second kappa shape index (κ2) is 6.20. The van der Waals surface area contributed by atoms with Crippen molar-refractivity contribution in [2.75, 3.05) is 0 Å². The van der Waals surface area contributed by atoms with Crippen molar-refractivity contribution in [1.29, 1.82) is 0 Å². The van der Waals surface area contributed by atoms with Crippen molar-refractivity contribution in [3.05, 3.63) is 67.3 Å². The number of hydrogen-bond acceptors (Lipinski definition) is 0. The van der Waals surface area contributed by atoms with Gasteiger partial charge in [0.1, 0.15) is 0 Å². The first-order chi connectivity index (χ1) is 8.29. The Labute approximate surface area is 114 Å². The van der Waals surface area contributed by atoms with Crippen molar-refractivity contribution in [2.45, 2.75) is 26.2 Å². The second-order valence-corrected chi connectivity index (χ2v) is 7.28. The molecule has 1 heteroatoms. The molecule has 0 aliphatic heterocycles. The number of halogens is 1. The maximum absolute atomic E-state index is 2.31. The van der Waals surface area contributed by atoms with E-state index in [1.54, 1.807) is 0 Å². The van der Waals surface area contributed by atoms with Crippen LogP contribution in [0.25, 0.3) is 0 Å². The summed E-state index contributed by atoms with van der Waals surface area (Å²) in [5.74, 6) is 0.680. The van der Waals surface area contributed by atoms with E-state index in [9.17, 15) is 0 Å². The standard InChI is InChI=1S/C16H18I/c1-3-13(2)14-9-11-16(12-10-14)17-15-7-5-4-6-8-15/h4-13H,3H2,1-2H3/q-1. The Morgan fingerprint density at radius 3 is 2.06 bits per heavy atom. The molecule has 0 aromatic heterocycles. The van der Waals surface area contributed by atoms with Gasteiger partial charge in [-0.25, -0.2) is 0 Å². The molecule has 1 unspecified atom stereocenters. The Bertz CT molecular complexity index is 445. The van der Waals surface area contributed by atoms with Crippen molar-refractivity contribution in [3.63, 3.8) is 0 Å². The summed E-state index contributed by atoms with van der Waals surface area (Å²) in [6.07, 6.45) is 1.22. The van der Waals surface area contributed by atoms with Crippen LogP contribution in [-0.4, -0.2) is 0 Å². The van der Waals surface area contributed by atoms with Crippen molar-refractivity contribution >= 4 is 0 Å². The summed E-state index contributed by atoms with van der Waals surface area (Å²) >= 11 is -0.00842. The average molecular weight is 337 g/mol. The molecule has 0 saturated carbocycles. The SMILES string of the molecule is CCC(C)c1ccc([I-]c2ccccc2)cc1. The molecule has 90 valence electrons. The van der Waals surface area contributed by atoms with Crippen molar-refractivity contribution in [1.82, 2.24) is 0 Å². The summed E-state index contributed by atoms with van der Waals surface area (Å²) in [7, 11) is 0. The molecule has 0 saturated heterocycles. The summed E-state index contributed by atoms with van der Waals surface area (Å²) in [6.45, 7) is 4.54. The molecule has 0 fully saturated rings. The van der Waals surface area contributed by atoms with E-state index in [-0.39, 0.29) is 21.2 Å². The molecule has 1 atom stereocenters. The van der Waals surface area contributed by atoms with Crippen LogP contribution in [0.2, 0.25) is 0 Å². The van der Waals surface area contributed by atoms with E-state index in [0.717, 1.165) is 0 Å². The van der Waals surface area contributed by atoms with Gasteiger partial charge in [-0.1, -0.05) is 0 Å². The minimum absolute atomic E-state index is 0.00842. The number of rotatable bonds is 4. The first-order valence-electron chi connectivity index (χ1n) is 6.09. The van der Waals surface area contributed by atoms with Crippen molar-refractivity contribution in [2.24, 2.45) is 0 Å². The van der Waals surface area contributed by atoms with Gasteiger partial charge in [0.15, 0.2) is 0 Å². The third-order valence-corrected chi connectivity index (χ3v) is 5.69.